The van der Waals surface area contributed by atoms with Gasteiger partial charge in [0.15, 0.2) is 0 Å². The third-order valence-corrected chi connectivity index (χ3v) is 6.26. The zero-order valence-corrected chi connectivity index (χ0v) is 14.6. The van der Waals surface area contributed by atoms with E-state index in [1.807, 2.05) is 18.2 Å². The van der Waals surface area contributed by atoms with Crippen molar-refractivity contribution in [2.45, 2.75) is 56.6 Å². The molecular weight excluding hydrogens is 310 g/mol. The van der Waals surface area contributed by atoms with E-state index in [1.165, 1.54) is 25.9 Å². The number of piperidine rings is 3. The van der Waals surface area contributed by atoms with E-state index in [0.717, 1.165) is 24.8 Å². The molecule has 2 bridgehead atoms. The highest BCUT2D eigenvalue weighted by atomic mass is 35.5. The summed E-state index contributed by atoms with van der Waals surface area (Å²) in [6.07, 6.45) is 5.45. The minimum atomic E-state index is -0.368. The van der Waals surface area contributed by atoms with E-state index >= 15 is 0 Å². The summed E-state index contributed by atoms with van der Waals surface area (Å²) < 4.78 is 6.12. The fourth-order valence-electron chi connectivity index (χ4n) is 4.59. The predicted octanol–water partition coefficient (Wildman–Crippen LogP) is 3.56. The molecule has 4 heteroatoms. The first-order valence-electron chi connectivity index (χ1n) is 8.71. The van der Waals surface area contributed by atoms with Gasteiger partial charge in [-0.15, -0.1) is 12.4 Å². The van der Waals surface area contributed by atoms with Crippen LogP contribution in [0.15, 0.2) is 30.3 Å². The first-order chi connectivity index (χ1) is 10.7. The van der Waals surface area contributed by atoms with Crippen LogP contribution in [-0.2, 0) is 14.9 Å². The Kier molecular flexibility index (Phi) is 4.70. The molecule has 4 aliphatic rings. The van der Waals surface area contributed by atoms with Crippen LogP contribution in [0.25, 0.3) is 0 Å². The molecule has 1 aromatic carbocycles. The van der Waals surface area contributed by atoms with Crippen LogP contribution in [0.4, 0.5) is 0 Å². The number of esters is 1. The highest BCUT2D eigenvalue weighted by molar-refractivity contribution is 5.85. The molecule has 3 heterocycles. The van der Waals surface area contributed by atoms with Crippen LogP contribution in [0.3, 0.4) is 0 Å². The van der Waals surface area contributed by atoms with E-state index in [0.29, 0.717) is 12.0 Å². The van der Waals surface area contributed by atoms with Gasteiger partial charge in [0.2, 0.25) is 0 Å². The summed E-state index contributed by atoms with van der Waals surface area (Å²) in [6.45, 7) is 4.56. The van der Waals surface area contributed by atoms with Crippen LogP contribution in [0.1, 0.15) is 44.6 Å². The molecule has 3 saturated heterocycles. The van der Waals surface area contributed by atoms with E-state index in [-0.39, 0.29) is 29.9 Å². The Balaban J connectivity index is 0.00000156. The van der Waals surface area contributed by atoms with Gasteiger partial charge in [-0.25, -0.2) is 0 Å². The fourth-order valence-corrected chi connectivity index (χ4v) is 4.59. The SMILES string of the molecule is CC1C(OC(=O)C2(c3ccccc3)CCC2)C2CCN1CC2.Cl. The van der Waals surface area contributed by atoms with Gasteiger partial charge in [0, 0.05) is 6.04 Å². The number of hydrogen-bond acceptors (Lipinski definition) is 3. The number of ether oxygens (including phenoxy) is 1. The molecule has 1 saturated carbocycles. The smallest absolute Gasteiger partial charge is 0.316 e. The van der Waals surface area contributed by atoms with Crippen LogP contribution in [0, 0.1) is 5.92 Å². The van der Waals surface area contributed by atoms with Crippen molar-refractivity contribution >= 4 is 18.4 Å². The molecule has 0 radical (unpaired) electrons. The summed E-state index contributed by atoms with van der Waals surface area (Å²) >= 11 is 0. The van der Waals surface area contributed by atoms with Gasteiger partial charge in [-0.1, -0.05) is 36.8 Å². The van der Waals surface area contributed by atoms with Gasteiger partial charge in [0.1, 0.15) is 6.10 Å². The van der Waals surface area contributed by atoms with E-state index in [4.69, 9.17) is 4.74 Å². The summed E-state index contributed by atoms with van der Waals surface area (Å²) in [7, 11) is 0. The number of carbonyl (C=O) groups excluding carboxylic acids is 1. The minimum absolute atomic E-state index is 0. The summed E-state index contributed by atoms with van der Waals surface area (Å²) in [4.78, 5) is 15.5. The molecular formula is C19H26ClNO2. The maximum Gasteiger partial charge on any atom is 0.316 e. The Morgan fingerprint density at radius 2 is 1.83 bits per heavy atom. The minimum Gasteiger partial charge on any atom is -0.460 e. The van der Waals surface area contributed by atoms with Crippen LogP contribution >= 0.6 is 12.4 Å². The highest BCUT2D eigenvalue weighted by Crippen LogP contribution is 2.46. The van der Waals surface area contributed by atoms with Gasteiger partial charge in [-0.3, -0.25) is 9.69 Å². The topological polar surface area (TPSA) is 29.5 Å². The molecule has 4 fully saturated rings. The Morgan fingerprint density at radius 1 is 1.17 bits per heavy atom. The fraction of sp³-hybridized carbons (Fsp3) is 0.632. The lowest BCUT2D eigenvalue weighted by molar-refractivity contribution is -0.175. The number of fused-ring (bicyclic) bond motifs is 3. The number of nitrogens with zero attached hydrogens (tertiary/aromatic N) is 1. The Hall–Kier alpha value is -1.06. The molecule has 0 amide bonds. The number of rotatable bonds is 3. The lowest BCUT2D eigenvalue weighted by Crippen LogP contribution is -2.59. The molecule has 3 nitrogen and oxygen atoms in total. The second-order valence-corrected chi connectivity index (χ2v) is 7.29. The van der Waals surface area contributed by atoms with Gasteiger partial charge in [0.25, 0.3) is 0 Å². The van der Waals surface area contributed by atoms with Crippen LogP contribution < -0.4 is 0 Å². The van der Waals surface area contributed by atoms with Crippen LogP contribution in [0.5, 0.6) is 0 Å². The molecule has 23 heavy (non-hydrogen) atoms. The van der Waals surface area contributed by atoms with E-state index < -0.39 is 0 Å². The number of benzene rings is 1. The summed E-state index contributed by atoms with van der Waals surface area (Å²) in [5.41, 5.74) is 0.771. The van der Waals surface area contributed by atoms with Gasteiger partial charge in [-0.2, -0.15) is 0 Å². The number of halogens is 1. The second kappa shape index (κ2) is 6.45. The lowest BCUT2D eigenvalue weighted by atomic mass is 9.64. The average molecular weight is 336 g/mol. The summed E-state index contributed by atoms with van der Waals surface area (Å²) in [5.74, 6) is 0.590. The molecule has 0 N–H and O–H groups in total. The van der Waals surface area contributed by atoms with Gasteiger partial charge in [0.05, 0.1) is 5.41 Å². The van der Waals surface area contributed by atoms with Crippen molar-refractivity contribution in [3.05, 3.63) is 35.9 Å². The molecule has 5 rings (SSSR count). The maximum absolute atomic E-state index is 13.0. The zero-order valence-electron chi connectivity index (χ0n) is 13.7. The van der Waals surface area contributed by atoms with Gasteiger partial charge < -0.3 is 4.74 Å². The van der Waals surface area contributed by atoms with Gasteiger partial charge >= 0.3 is 5.97 Å². The number of hydrogen-bond donors (Lipinski definition) is 0. The summed E-state index contributed by atoms with van der Waals surface area (Å²) in [5, 5.41) is 0. The Morgan fingerprint density at radius 3 is 2.35 bits per heavy atom. The standard InChI is InChI=1S/C19H25NO2.ClH/c1-14-17(15-8-12-20(14)13-9-15)22-18(21)19(10-5-11-19)16-6-3-2-4-7-16;/h2-4,6-7,14-15,17H,5,8-13H2,1H3;1H. The van der Waals surface area contributed by atoms with E-state index in [1.54, 1.807) is 0 Å². The number of carbonyl (C=O) groups is 1. The zero-order chi connectivity index (χ0) is 15.2. The van der Waals surface area contributed by atoms with Crippen molar-refractivity contribution in [1.29, 1.82) is 0 Å². The highest BCUT2D eigenvalue weighted by Gasteiger charge is 2.50. The second-order valence-electron chi connectivity index (χ2n) is 7.29. The molecule has 2 atom stereocenters. The molecule has 1 aliphatic carbocycles. The van der Waals surface area contributed by atoms with Crippen molar-refractivity contribution in [1.82, 2.24) is 4.90 Å². The van der Waals surface area contributed by atoms with E-state index in [2.05, 4.69) is 24.0 Å². The quantitative estimate of drug-likeness (QED) is 0.791. The monoisotopic (exact) mass is 335 g/mol. The molecule has 0 aromatic heterocycles. The van der Waals surface area contributed by atoms with Crippen molar-refractivity contribution < 1.29 is 9.53 Å². The predicted molar refractivity (Wildman–Crippen MR) is 92.9 cm³/mol. The largest absolute Gasteiger partial charge is 0.460 e. The molecule has 3 aliphatic heterocycles. The molecule has 0 spiro atoms. The van der Waals surface area contributed by atoms with Crippen molar-refractivity contribution in [2.75, 3.05) is 13.1 Å². The van der Waals surface area contributed by atoms with Crippen molar-refractivity contribution in [3.8, 4) is 0 Å². The normalized spacial score (nSPS) is 34.1. The Bertz CT molecular complexity index is 548. The molecule has 2 unspecified atom stereocenters. The van der Waals surface area contributed by atoms with E-state index in [9.17, 15) is 4.79 Å². The lowest BCUT2D eigenvalue weighted by Gasteiger charge is -2.50. The average Bonchev–Trinajstić information content (AvgIpc) is 2.51. The summed E-state index contributed by atoms with van der Waals surface area (Å²) in [6, 6.07) is 10.6. The van der Waals surface area contributed by atoms with Crippen LogP contribution in [-0.4, -0.2) is 36.1 Å². The van der Waals surface area contributed by atoms with Crippen molar-refractivity contribution in [2.24, 2.45) is 5.92 Å². The first-order valence-corrected chi connectivity index (χ1v) is 8.71. The molecule has 1 aromatic rings. The third-order valence-electron chi connectivity index (χ3n) is 6.26. The maximum atomic E-state index is 13.0. The first kappa shape index (κ1) is 16.8. The third kappa shape index (κ3) is 2.68. The van der Waals surface area contributed by atoms with Crippen LogP contribution in [0.2, 0.25) is 0 Å². The van der Waals surface area contributed by atoms with Crippen molar-refractivity contribution in [3.63, 3.8) is 0 Å². The van der Waals surface area contributed by atoms with Gasteiger partial charge in [-0.05, 0) is 57.2 Å². The Labute approximate surface area is 144 Å². The molecule has 126 valence electrons.